The van der Waals surface area contributed by atoms with Gasteiger partial charge in [0.1, 0.15) is 5.82 Å². The molecule has 2 unspecified atom stereocenters. The van der Waals surface area contributed by atoms with Crippen molar-refractivity contribution in [2.45, 2.75) is 32.6 Å². The van der Waals surface area contributed by atoms with E-state index in [1.54, 1.807) is 12.3 Å². The number of hydrogen-bond donors (Lipinski definition) is 1. The molecule has 1 saturated heterocycles. The highest BCUT2D eigenvalue weighted by Crippen LogP contribution is 2.14. The number of aromatic nitrogens is 1. The van der Waals surface area contributed by atoms with Gasteiger partial charge in [-0.3, -0.25) is 0 Å². The first-order valence-corrected chi connectivity index (χ1v) is 8.74. The first kappa shape index (κ1) is 17.1. The Morgan fingerprint density at radius 1 is 1.36 bits per heavy atom. The zero-order valence-electron chi connectivity index (χ0n) is 13.5. The van der Waals surface area contributed by atoms with E-state index in [2.05, 4.69) is 9.71 Å². The first-order valence-electron chi connectivity index (χ1n) is 7.30. The van der Waals surface area contributed by atoms with Crippen LogP contribution < -0.4 is 9.62 Å². The molecule has 1 aliphatic heterocycles. The lowest BCUT2D eigenvalue weighted by atomic mass is 10.2. The van der Waals surface area contributed by atoms with Crippen LogP contribution in [-0.4, -0.2) is 57.1 Å². The van der Waals surface area contributed by atoms with Crippen LogP contribution in [0.4, 0.5) is 5.82 Å². The maximum absolute atomic E-state index is 12.4. The minimum atomic E-state index is -3.51. The summed E-state index contributed by atoms with van der Waals surface area (Å²) < 4.78 is 34.5. The Morgan fingerprint density at radius 3 is 2.59 bits per heavy atom. The van der Waals surface area contributed by atoms with Crippen LogP contribution in [-0.2, 0) is 21.5 Å². The summed E-state index contributed by atoms with van der Waals surface area (Å²) in [5, 5.41) is 0. The summed E-state index contributed by atoms with van der Waals surface area (Å²) in [4.78, 5) is 6.09. The van der Waals surface area contributed by atoms with E-state index < -0.39 is 10.2 Å². The van der Waals surface area contributed by atoms with Crippen molar-refractivity contribution in [3.8, 4) is 0 Å². The average Bonchev–Trinajstić information content (AvgIpc) is 2.44. The molecule has 1 aromatic heterocycles. The van der Waals surface area contributed by atoms with Crippen molar-refractivity contribution < 1.29 is 13.2 Å². The van der Waals surface area contributed by atoms with Crippen LogP contribution in [0.5, 0.6) is 0 Å². The third kappa shape index (κ3) is 4.39. The zero-order chi connectivity index (χ0) is 16.3. The molecule has 124 valence electrons. The van der Waals surface area contributed by atoms with Crippen molar-refractivity contribution in [1.29, 1.82) is 0 Å². The van der Waals surface area contributed by atoms with Gasteiger partial charge in [-0.15, -0.1) is 0 Å². The molecular weight excluding hydrogens is 304 g/mol. The summed E-state index contributed by atoms with van der Waals surface area (Å²) >= 11 is 0. The largest absolute Gasteiger partial charge is 0.373 e. The Morgan fingerprint density at radius 2 is 2.00 bits per heavy atom. The molecule has 1 aromatic rings. The summed E-state index contributed by atoms with van der Waals surface area (Å²) in [5.41, 5.74) is 0.872. The third-order valence-corrected chi connectivity index (χ3v) is 4.94. The lowest BCUT2D eigenvalue weighted by Crippen LogP contribution is -2.51. The minimum absolute atomic E-state index is 0.0957. The maximum Gasteiger partial charge on any atom is 0.279 e. The number of nitrogens with one attached hydrogen (secondary N) is 1. The Labute approximate surface area is 132 Å². The number of rotatable bonds is 5. The summed E-state index contributed by atoms with van der Waals surface area (Å²) in [6.07, 6.45) is 1.49. The standard InChI is InChI=1S/C14H24N4O3S/c1-11-9-18(10-12(2)21-11)22(19,20)16-8-13-5-6-15-14(7-13)17(3)4/h5-7,11-12,16H,8-10H2,1-4H3. The molecule has 0 bridgehead atoms. The van der Waals surface area contributed by atoms with Gasteiger partial charge >= 0.3 is 0 Å². The number of nitrogens with zero attached hydrogens (tertiary/aromatic N) is 3. The Hall–Kier alpha value is -1.22. The van der Waals surface area contributed by atoms with Crippen molar-refractivity contribution in [3.63, 3.8) is 0 Å². The highest BCUT2D eigenvalue weighted by molar-refractivity contribution is 7.87. The van der Waals surface area contributed by atoms with Crippen LogP contribution in [0.1, 0.15) is 19.4 Å². The van der Waals surface area contributed by atoms with Crippen molar-refractivity contribution >= 4 is 16.0 Å². The molecule has 7 nitrogen and oxygen atoms in total. The van der Waals surface area contributed by atoms with E-state index in [-0.39, 0.29) is 18.8 Å². The molecule has 22 heavy (non-hydrogen) atoms. The summed E-state index contributed by atoms with van der Waals surface area (Å²) in [7, 11) is 0.280. The molecule has 1 N–H and O–H groups in total. The van der Waals surface area contributed by atoms with Gasteiger partial charge in [0.15, 0.2) is 0 Å². The average molecular weight is 328 g/mol. The van der Waals surface area contributed by atoms with Crippen LogP contribution in [0.2, 0.25) is 0 Å². The summed E-state index contributed by atoms with van der Waals surface area (Å²) in [5.74, 6) is 0.797. The number of ether oxygens (including phenoxy) is 1. The van der Waals surface area contributed by atoms with E-state index in [1.807, 2.05) is 38.9 Å². The van der Waals surface area contributed by atoms with Gasteiger partial charge in [0.25, 0.3) is 10.2 Å². The van der Waals surface area contributed by atoms with Gasteiger partial charge in [-0.25, -0.2) is 4.98 Å². The Balaban J connectivity index is 2.02. The molecule has 1 fully saturated rings. The second kappa shape index (κ2) is 6.91. The Bertz CT molecular complexity index is 596. The predicted molar refractivity (Wildman–Crippen MR) is 85.9 cm³/mol. The van der Waals surface area contributed by atoms with Gasteiger partial charge in [0.05, 0.1) is 12.2 Å². The van der Waals surface area contributed by atoms with Gasteiger partial charge in [0, 0.05) is 39.9 Å². The number of pyridine rings is 1. The van der Waals surface area contributed by atoms with Crippen molar-refractivity contribution in [2.75, 3.05) is 32.1 Å². The molecule has 0 spiro atoms. The molecule has 0 aliphatic carbocycles. The van der Waals surface area contributed by atoms with Crippen LogP contribution in [0.15, 0.2) is 18.3 Å². The molecule has 1 aliphatic rings. The maximum atomic E-state index is 12.4. The van der Waals surface area contributed by atoms with E-state index in [0.29, 0.717) is 13.1 Å². The molecule has 0 amide bonds. The quantitative estimate of drug-likeness (QED) is 0.856. The van der Waals surface area contributed by atoms with E-state index in [9.17, 15) is 8.42 Å². The lowest BCUT2D eigenvalue weighted by Gasteiger charge is -2.34. The second-order valence-corrected chi connectivity index (χ2v) is 7.57. The number of morpholine rings is 1. The van der Waals surface area contributed by atoms with E-state index in [4.69, 9.17) is 4.74 Å². The van der Waals surface area contributed by atoms with Crippen LogP contribution in [0.25, 0.3) is 0 Å². The van der Waals surface area contributed by atoms with Gasteiger partial charge in [-0.05, 0) is 31.5 Å². The van der Waals surface area contributed by atoms with Crippen molar-refractivity contribution in [1.82, 2.24) is 14.0 Å². The fraction of sp³-hybridized carbons (Fsp3) is 0.643. The normalized spacial score (nSPS) is 23.5. The molecule has 0 saturated carbocycles. The number of hydrogen-bond acceptors (Lipinski definition) is 5. The molecule has 8 heteroatoms. The monoisotopic (exact) mass is 328 g/mol. The smallest absolute Gasteiger partial charge is 0.279 e. The minimum Gasteiger partial charge on any atom is -0.373 e. The summed E-state index contributed by atoms with van der Waals surface area (Å²) in [6, 6.07) is 3.67. The van der Waals surface area contributed by atoms with Crippen LogP contribution >= 0.6 is 0 Å². The Kier molecular flexibility index (Phi) is 5.38. The fourth-order valence-corrected chi connectivity index (χ4v) is 3.75. The van der Waals surface area contributed by atoms with Gasteiger partial charge in [-0.2, -0.15) is 17.4 Å². The third-order valence-electron chi connectivity index (χ3n) is 3.45. The van der Waals surface area contributed by atoms with E-state index in [1.165, 1.54) is 4.31 Å². The molecule has 2 heterocycles. The summed E-state index contributed by atoms with van der Waals surface area (Å²) in [6.45, 7) is 4.75. The van der Waals surface area contributed by atoms with E-state index in [0.717, 1.165) is 11.4 Å². The lowest BCUT2D eigenvalue weighted by molar-refractivity contribution is -0.0444. The number of anilines is 1. The highest BCUT2D eigenvalue weighted by atomic mass is 32.2. The van der Waals surface area contributed by atoms with Crippen molar-refractivity contribution in [3.05, 3.63) is 23.9 Å². The predicted octanol–water partition coefficient (Wildman–Crippen LogP) is 0.591. The molecule has 0 radical (unpaired) electrons. The highest BCUT2D eigenvalue weighted by Gasteiger charge is 2.30. The van der Waals surface area contributed by atoms with Crippen LogP contribution in [0, 0.1) is 0 Å². The van der Waals surface area contributed by atoms with E-state index >= 15 is 0 Å². The SMILES string of the molecule is CC1CN(S(=O)(=O)NCc2ccnc(N(C)C)c2)CC(C)O1. The molecule has 2 atom stereocenters. The van der Waals surface area contributed by atoms with Gasteiger partial charge in [-0.1, -0.05) is 0 Å². The van der Waals surface area contributed by atoms with Gasteiger partial charge in [0.2, 0.25) is 0 Å². The van der Waals surface area contributed by atoms with Gasteiger partial charge < -0.3 is 9.64 Å². The second-order valence-electron chi connectivity index (χ2n) is 5.82. The van der Waals surface area contributed by atoms with Crippen LogP contribution in [0.3, 0.4) is 0 Å². The van der Waals surface area contributed by atoms with Crippen molar-refractivity contribution in [2.24, 2.45) is 0 Å². The molecule has 2 rings (SSSR count). The molecule has 0 aromatic carbocycles. The molecular formula is C14H24N4O3S. The fourth-order valence-electron chi connectivity index (χ4n) is 2.41. The first-order chi connectivity index (χ1) is 10.3. The topological polar surface area (TPSA) is 74.8 Å². The zero-order valence-corrected chi connectivity index (χ0v) is 14.3.